The SMILES string of the molecule is CN(C)CCNC(C#N)c1ccc2c(c1)CCCN2C. The van der Waals surface area contributed by atoms with E-state index in [1.54, 1.807) is 0 Å². The predicted molar refractivity (Wildman–Crippen MR) is 82.9 cm³/mol. The molecule has 1 N–H and O–H groups in total. The molecule has 0 aromatic heterocycles. The van der Waals surface area contributed by atoms with Crippen LogP contribution >= 0.6 is 0 Å². The van der Waals surface area contributed by atoms with Crippen LogP contribution in [0, 0.1) is 11.3 Å². The highest BCUT2D eigenvalue weighted by molar-refractivity contribution is 5.56. The van der Waals surface area contributed by atoms with Crippen molar-refractivity contribution < 1.29 is 0 Å². The van der Waals surface area contributed by atoms with Gasteiger partial charge in [0.1, 0.15) is 6.04 Å². The zero-order chi connectivity index (χ0) is 14.5. The maximum atomic E-state index is 9.36. The van der Waals surface area contributed by atoms with Crippen LogP contribution in [-0.2, 0) is 6.42 Å². The van der Waals surface area contributed by atoms with Crippen LogP contribution in [0.1, 0.15) is 23.6 Å². The van der Waals surface area contributed by atoms with E-state index >= 15 is 0 Å². The molecule has 0 saturated heterocycles. The lowest BCUT2D eigenvalue weighted by molar-refractivity contribution is 0.395. The second kappa shape index (κ2) is 6.74. The zero-order valence-corrected chi connectivity index (χ0v) is 12.7. The molecule has 0 aliphatic carbocycles. The standard InChI is InChI=1S/C16H24N4/c1-19(2)10-8-18-15(12-17)13-6-7-16-14(11-13)5-4-9-20(16)3/h6-7,11,15,18H,4-5,8-10H2,1-3H3. The van der Waals surface area contributed by atoms with Gasteiger partial charge in [-0.3, -0.25) is 5.32 Å². The highest BCUT2D eigenvalue weighted by Crippen LogP contribution is 2.28. The summed E-state index contributed by atoms with van der Waals surface area (Å²) < 4.78 is 0. The number of nitrogens with one attached hydrogen (secondary N) is 1. The number of benzene rings is 1. The summed E-state index contributed by atoms with van der Waals surface area (Å²) in [5, 5.41) is 12.7. The highest BCUT2D eigenvalue weighted by Gasteiger charge is 2.17. The molecule has 1 heterocycles. The molecule has 2 rings (SSSR count). The minimum absolute atomic E-state index is 0.215. The van der Waals surface area contributed by atoms with Crippen LogP contribution in [0.4, 0.5) is 5.69 Å². The number of nitriles is 1. The largest absolute Gasteiger partial charge is 0.374 e. The Morgan fingerprint density at radius 1 is 1.45 bits per heavy atom. The van der Waals surface area contributed by atoms with Crippen molar-refractivity contribution in [2.75, 3.05) is 45.7 Å². The van der Waals surface area contributed by atoms with Gasteiger partial charge in [0.25, 0.3) is 0 Å². The van der Waals surface area contributed by atoms with Gasteiger partial charge in [-0.2, -0.15) is 5.26 Å². The van der Waals surface area contributed by atoms with E-state index in [-0.39, 0.29) is 6.04 Å². The minimum atomic E-state index is -0.215. The maximum Gasteiger partial charge on any atom is 0.121 e. The molecule has 1 aromatic carbocycles. The first kappa shape index (κ1) is 14.8. The number of fused-ring (bicyclic) bond motifs is 1. The van der Waals surface area contributed by atoms with Crippen molar-refractivity contribution in [3.8, 4) is 6.07 Å². The summed E-state index contributed by atoms with van der Waals surface area (Å²) in [5.41, 5.74) is 3.76. The van der Waals surface area contributed by atoms with Crippen LogP contribution in [0.25, 0.3) is 0 Å². The van der Waals surface area contributed by atoms with Crippen molar-refractivity contribution in [3.63, 3.8) is 0 Å². The molecule has 4 nitrogen and oxygen atoms in total. The predicted octanol–water partition coefficient (Wildman–Crippen LogP) is 1.78. The van der Waals surface area contributed by atoms with E-state index in [2.05, 4.69) is 46.4 Å². The van der Waals surface area contributed by atoms with Crippen LogP contribution in [-0.4, -0.2) is 45.7 Å². The molecule has 0 saturated carbocycles. The van der Waals surface area contributed by atoms with Gasteiger partial charge in [-0.05, 0) is 44.1 Å². The second-order valence-corrected chi connectivity index (χ2v) is 5.73. The summed E-state index contributed by atoms with van der Waals surface area (Å²) in [6, 6.07) is 8.58. The molecule has 0 amide bonds. The van der Waals surface area contributed by atoms with Gasteiger partial charge in [-0.15, -0.1) is 0 Å². The third-order valence-electron chi connectivity index (χ3n) is 3.82. The number of hydrogen-bond acceptors (Lipinski definition) is 4. The first-order chi connectivity index (χ1) is 9.61. The molecule has 4 heteroatoms. The van der Waals surface area contributed by atoms with Gasteiger partial charge in [-0.25, -0.2) is 0 Å². The van der Waals surface area contributed by atoms with Gasteiger partial charge in [0, 0.05) is 32.4 Å². The van der Waals surface area contributed by atoms with Crippen molar-refractivity contribution in [2.45, 2.75) is 18.9 Å². The summed E-state index contributed by atoms with van der Waals surface area (Å²) in [4.78, 5) is 4.41. The Hall–Kier alpha value is -1.57. The van der Waals surface area contributed by atoms with Crippen molar-refractivity contribution in [1.82, 2.24) is 10.2 Å². The smallest absolute Gasteiger partial charge is 0.121 e. The van der Waals surface area contributed by atoms with Crippen molar-refractivity contribution in [1.29, 1.82) is 5.26 Å². The molecule has 1 unspecified atom stereocenters. The summed E-state index contributed by atoms with van der Waals surface area (Å²) in [6.07, 6.45) is 2.31. The molecule has 1 aromatic rings. The number of anilines is 1. The van der Waals surface area contributed by atoms with E-state index in [4.69, 9.17) is 0 Å². The van der Waals surface area contributed by atoms with Crippen LogP contribution in [0.5, 0.6) is 0 Å². The first-order valence-electron chi connectivity index (χ1n) is 7.23. The van der Waals surface area contributed by atoms with Gasteiger partial charge in [0.2, 0.25) is 0 Å². The van der Waals surface area contributed by atoms with E-state index in [1.807, 2.05) is 14.1 Å². The Balaban J connectivity index is 2.09. The fraction of sp³-hybridized carbons (Fsp3) is 0.562. The average Bonchev–Trinajstić information content (AvgIpc) is 2.43. The number of hydrogen-bond donors (Lipinski definition) is 1. The van der Waals surface area contributed by atoms with Gasteiger partial charge in [0.05, 0.1) is 6.07 Å². The van der Waals surface area contributed by atoms with Gasteiger partial charge >= 0.3 is 0 Å². The topological polar surface area (TPSA) is 42.3 Å². The van der Waals surface area contributed by atoms with Gasteiger partial charge < -0.3 is 9.80 Å². The molecule has 108 valence electrons. The Bertz CT molecular complexity index is 490. The normalized spacial score (nSPS) is 15.8. The van der Waals surface area contributed by atoms with Gasteiger partial charge in [-0.1, -0.05) is 12.1 Å². The molecule has 1 aliphatic rings. The Morgan fingerprint density at radius 3 is 2.95 bits per heavy atom. The Morgan fingerprint density at radius 2 is 2.25 bits per heavy atom. The summed E-state index contributed by atoms with van der Waals surface area (Å²) in [7, 11) is 6.21. The molecule has 1 atom stereocenters. The van der Waals surface area contributed by atoms with Crippen LogP contribution in [0.2, 0.25) is 0 Å². The molecule has 0 fully saturated rings. The van der Waals surface area contributed by atoms with E-state index < -0.39 is 0 Å². The molecule has 20 heavy (non-hydrogen) atoms. The monoisotopic (exact) mass is 272 g/mol. The summed E-state index contributed by atoms with van der Waals surface area (Å²) >= 11 is 0. The van der Waals surface area contributed by atoms with Crippen LogP contribution < -0.4 is 10.2 Å². The number of likely N-dealkylation sites (N-methyl/N-ethyl adjacent to an activating group) is 1. The third kappa shape index (κ3) is 3.50. The van der Waals surface area contributed by atoms with E-state index in [0.29, 0.717) is 0 Å². The van der Waals surface area contributed by atoms with E-state index in [9.17, 15) is 5.26 Å². The molecule has 1 aliphatic heterocycles. The highest BCUT2D eigenvalue weighted by atomic mass is 15.1. The Kier molecular flexibility index (Phi) is 4.99. The lowest BCUT2D eigenvalue weighted by atomic mass is 9.97. The number of aryl methyl sites for hydroxylation is 1. The Labute approximate surface area is 122 Å². The van der Waals surface area contributed by atoms with E-state index in [0.717, 1.165) is 31.6 Å². The fourth-order valence-corrected chi connectivity index (χ4v) is 2.66. The molecule has 0 spiro atoms. The molecular weight excluding hydrogens is 248 g/mol. The lowest BCUT2D eigenvalue weighted by Crippen LogP contribution is -2.29. The quantitative estimate of drug-likeness (QED) is 0.887. The van der Waals surface area contributed by atoms with Crippen LogP contribution in [0.15, 0.2) is 18.2 Å². The summed E-state index contributed by atoms with van der Waals surface area (Å²) in [6.45, 7) is 2.88. The fourth-order valence-electron chi connectivity index (χ4n) is 2.66. The molecule has 0 radical (unpaired) electrons. The third-order valence-corrected chi connectivity index (χ3v) is 3.82. The number of rotatable bonds is 5. The average molecular weight is 272 g/mol. The van der Waals surface area contributed by atoms with E-state index in [1.165, 1.54) is 17.7 Å². The number of nitrogens with zero attached hydrogens (tertiary/aromatic N) is 3. The molecule has 0 bridgehead atoms. The second-order valence-electron chi connectivity index (χ2n) is 5.73. The lowest BCUT2D eigenvalue weighted by Gasteiger charge is -2.28. The maximum absolute atomic E-state index is 9.36. The van der Waals surface area contributed by atoms with Crippen molar-refractivity contribution >= 4 is 5.69 Å². The zero-order valence-electron chi connectivity index (χ0n) is 12.7. The van der Waals surface area contributed by atoms with Crippen molar-refractivity contribution in [2.24, 2.45) is 0 Å². The minimum Gasteiger partial charge on any atom is -0.374 e. The first-order valence-corrected chi connectivity index (χ1v) is 7.23. The van der Waals surface area contributed by atoms with Gasteiger partial charge in [0.15, 0.2) is 0 Å². The molecular formula is C16H24N4. The van der Waals surface area contributed by atoms with Crippen molar-refractivity contribution in [3.05, 3.63) is 29.3 Å². The van der Waals surface area contributed by atoms with Crippen LogP contribution in [0.3, 0.4) is 0 Å². The summed E-state index contributed by atoms with van der Waals surface area (Å²) in [5.74, 6) is 0.